The van der Waals surface area contributed by atoms with Crippen molar-refractivity contribution in [2.75, 3.05) is 27.4 Å². The largest absolute Gasteiger partial charge is 0.496 e. The molecule has 0 radical (unpaired) electrons. The van der Waals surface area contributed by atoms with Crippen molar-refractivity contribution < 1.29 is 64.2 Å². The number of aliphatic hydroxyl groups is 7. The van der Waals surface area contributed by atoms with E-state index in [4.69, 9.17) is 28.4 Å². The highest BCUT2D eigenvalue weighted by Crippen LogP contribution is 2.31. The average Bonchev–Trinajstić information content (AvgIpc) is 2.82. The van der Waals surface area contributed by atoms with E-state index in [1.807, 2.05) is 0 Å². The van der Waals surface area contributed by atoms with Gasteiger partial charge in [-0.25, -0.2) is 0 Å². The lowest BCUT2D eigenvalue weighted by molar-refractivity contribution is -0.323. The first-order valence-corrected chi connectivity index (χ1v) is 10.2. The summed E-state index contributed by atoms with van der Waals surface area (Å²) in [6, 6.07) is 4.59. The Labute approximate surface area is 189 Å². The summed E-state index contributed by atoms with van der Waals surface area (Å²) in [5.41, 5.74) is 0. The highest BCUT2D eigenvalue weighted by Gasteiger charge is 2.47. The van der Waals surface area contributed by atoms with Gasteiger partial charge in [0.15, 0.2) is 6.29 Å². The Bertz CT molecular complexity index is 739. The fourth-order valence-electron chi connectivity index (χ4n) is 3.53. The minimum Gasteiger partial charge on any atom is -0.496 e. The minimum atomic E-state index is -1.67. The van der Waals surface area contributed by atoms with E-state index in [1.54, 1.807) is 6.07 Å². The lowest BCUT2D eigenvalue weighted by Gasteiger charge is -2.42. The van der Waals surface area contributed by atoms with Gasteiger partial charge in [0, 0.05) is 18.2 Å². The molecule has 0 spiro atoms. The maximum atomic E-state index is 10.3. The second-order valence-electron chi connectivity index (χ2n) is 7.71. The summed E-state index contributed by atoms with van der Waals surface area (Å²) in [5, 5.41) is 69.9. The minimum absolute atomic E-state index is 0.187. The Morgan fingerprint density at radius 2 is 1.15 bits per heavy atom. The van der Waals surface area contributed by atoms with Crippen molar-refractivity contribution >= 4 is 0 Å². The monoisotopic (exact) mass is 478 g/mol. The van der Waals surface area contributed by atoms with E-state index in [-0.39, 0.29) is 5.75 Å². The van der Waals surface area contributed by atoms with Crippen LogP contribution in [-0.2, 0) is 14.2 Å². The third kappa shape index (κ3) is 5.66. The predicted molar refractivity (Wildman–Crippen MR) is 107 cm³/mol. The number of hydrogen-bond donors (Lipinski definition) is 7. The van der Waals surface area contributed by atoms with Gasteiger partial charge in [-0.3, -0.25) is 0 Å². The van der Waals surface area contributed by atoms with Gasteiger partial charge in [0.1, 0.15) is 66.1 Å². The molecule has 1 aromatic carbocycles. The van der Waals surface area contributed by atoms with Crippen LogP contribution < -0.4 is 14.2 Å². The molecule has 13 heteroatoms. The van der Waals surface area contributed by atoms with Crippen molar-refractivity contribution in [3.8, 4) is 17.2 Å². The zero-order chi connectivity index (χ0) is 24.3. The molecule has 33 heavy (non-hydrogen) atoms. The third-order valence-corrected chi connectivity index (χ3v) is 5.52. The zero-order valence-corrected chi connectivity index (χ0v) is 18.0. The average molecular weight is 478 g/mol. The standard InChI is InChI=1S/C20H30O13/c1-28-8-3-9(29-2)5-10(4-8)31-20-18(27)16(25)14(23)12(33-20)7-30-19-17(26)15(24)13(22)11(6-21)32-19/h3-5,11-27H,6-7H2,1-2H3/t11-,12-,13+,14-,15+,16+,17-,18-,19-,20-/m1/s1. The molecule has 13 nitrogen and oxygen atoms in total. The van der Waals surface area contributed by atoms with Crippen LogP contribution >= 0.6 is 0 Å². The van der Waals surface area contributed by atoms with E-state index < -0.39 is 74.6 Å². The van der Waals surface area contributed by atoms with Gasteiger partial charge in [-0.1, -0.05) is 0 Å². The van der Waals surface area contributed by atoms with Crippen molar-refractivity contribution in [3.05, 3.63) is 18.2 Å². The summed E-state index contributed by atoms with van der Waals surface area (Å²) >= 11 is 0. The van der Waals surface area contributed by atoms with Gasteiger partial charge in [-0.2, -0.15) is 0 Å². The first-order chi connectivity index (χ1) is 15.7. The van der Waals surface area contributed by atoms with Gasteiger partial charge in [0.2, 0.25) is 6.29 Å². The summed E-state index contributed by atoms with van der Waals surface area (Å²) in [6.45, 7) is -1.10. The topological polar surface area (TPSA) is 197 Å². The molecule has 1 aromatic rings. The maximum absolute atomic E-state index is 10.3. The van der Waals surface area contributed by atoms with E-state index in [9.17, 15) is 35.7 Å². The van der Waals surface area contributed by atoms with Crippen molar-refractivity contribution in [2.45, 2.75) is 61.4 Å². The smallest absolute Gasteiger partial charge is 0.229 e. The van der Waals surface area contributed by atoms with Crippen LogP contribution in [0.4, 0.5) is 0 Å². The van der Waals surface area contributed by atoms with Gasteiger partial charge in [-0.15, -0.1) is 0 Å². The number of ether oxygens (including phenoxy) is 6. The molecular weight excluding hydrogens is 448 g/mol. The van der Waals surface area contributed by atoms with E-state index >= 15 is 0 Å². The zero-order valence-electron chi connectivity index (χ0n) is 18.0. The van der Waals surface area contributed by atoms with Crippen molar-refractivity contribution in [1.82, 2.24) is 0 Å². The summed E-state index contributed by atoms with van der Waals surface area (Å²) in [6.07, 6.45) is -15.1. The molecule has 2 saturated heterocycles. The van der Waals surface area contributed by atoms with Crippen molar-refractivity contribution in [1.29, 1.82) is 0 Å². The van der Waals surface area contributed by atoms with Crippen LogP contribution in [0.2, 0.25) is 0 Å². The van der Waals surface area contributed by atoms with Crippen LogP contribution in [-0.4, -0.2) is 125 Å². The molecule has 188 valence electrons. The molecule has 0 unspecified atom stereocenters. The Kier molecular flexibility index (Phi) is 8.69. The first-order valence-electron chi connectivity index (χ1n) is 10.2. The normalized spacial score (nSPS) is 39.2. The number of aliphatic hydroxyl groups excluding tert-OH is 7. The van der Waals surface area contributed by atoms with Crippen LogP contribution in [0.3, 0.4) is 0 Å². The molecule has 2 aliphatic heterocycles. The maximum Gasteiger partial charge on any atom is 0.229 e. The van der Waals surface area contributed by atoms with Gasteiger partial charge >= 0.3 is 0 Å². The lowest BCUT2D eigenvalue weighted by Crippen LogP contribution is -2.62. The molecule has 2 fully saturated rings. The number of hydrogen-bond acceptors (Lipinski definition) is 13. The fourth-order valence-corrected chi connectivity index (χ4v) is 3.53. The van der Waals surface area contributed by atoms with Crippen LogP contribution in [0, 0.1) is 0 Å². The highest BCUT2D eigenvalue weighted by molar-refractivity contribution is 5.42. The summed E-state index contributed by atoms with van der Waals surface area (Å²) in [4.78, 5) is 0. The number of rotatable bonds is 8. The number of benzene rings is 1. The quantitative estimate of drug-likeness (QED) is 0.196. The molecule has 0 amide bonds. The Morgan fingerprint density at radius 1 is 0.667 bits per heavy atom. The predicted octanol–water partition coefficient (Wildman–Crippen LogP) is -3.29. The summed E-state index contributed by atoms with van der Waals surface area (Å²) in [7, 11) is 2.88. The lowest BCUT2D eigenvalue weighted by atomic mass is 9.98. The van der Waals surface area contributed by atoms with Gasteiger partial charge in [0.05, 0.1) is 27.4 Å². The van der Waals surface area contributed by atoms with Gasteiger partial charge in [0.25, 0.3) is 0 Å². The Morgan fingerprint density at radius 3 is 1.70 bits per heavy atom. The first kappa shape index (κ1) is 25.8. The molecule has 0 saturated carbocycles. The van der Waals surface area contributed by atoms with E-state index in [0.29, 0.717) is 11.5 Å². The summed E-state index contributed by atoms with van der Waals surface area (Å²) in [5.74, 6) is 0.989. The van der Waals surface area contributed by atoms with Crippen molar-refractivity contribution in [2.24, 2.45) is 0 Å². The van der Waals surface area contributed by atoms with Crippen LogP contribution in [0.1, 0.15) is 0 Å². The molecule has 0 aromatic heterocycles. The Balaban J connectivity index is 1.68. The number of methoxy groups -OCH3 is 2. The molecule has 0 bridgehead atoms. The van der Waals surface area contributed by atoms with E-state index in [2.05, 4.69) is 0 Å². The van der Waals surface area contributed by atoms with Crippen LogP contribution in [0.15, 0.2) is 18.2 Å². The van der Waals surface area contributed by atoms with Gasteiger partial charge in [-0.05, 0) is 0 Å². The fraction of sp³-hybridized carbons (Fsp3) is 0.700. The van der Waals surface area contributed by atoms with Gasteiger partial charge < -0.3 is 64.2 Å². The molecule has 7 N–H and O–H groups in total. The summed E-state index contributed by atoms with van der Waals surface area (Å²) < 4.78 is 32.1. The van der Waals surface area contributed by atoms with Crippen molar-refractivity contribution in [3.63, 3.8) is 0 Å². The third-order valence-electron chi connectivity index (χ3n) is 5.52. The van der Waals surface area contributed by atoms with Crippen LogP contribution in [0.5, 0.6) is 17.2 Å². The molecular formula is C20H30O13. The van der Waals surface area contributed by atoms with E-state index in [0.717, 1.165) is 0 Å². The molecule has 3 rings (SSSR count). The SMILES string of the molecule is COc1cc(OC)cc(O[C@@H]2O[C@H](CO[C@@H]3O[C@H](CO)[C@H](O)[C@H](O)[C@H]3O)[C@@H](O)[C@H](O)[C@H]2O)c1. The molecule has 2 heterocycles. The highest BCUT2D eigenvalue weighted by atomic mass is 16.7. The second-order valence-corrected chi connectivity index (χ2v) is 7.71. The molecule has 0 aliphatic carbocycles. The Hall–Kier alpha value is -1.78. The van der Waals surface area contributed by atoms with E-state index in [1.165, 1.54) is 26.4 Å². The molecule has 10 atom stereocenters. The second kappa shape index (κ2) is 11.1. The molecule has 2 aliphatic rings. The van der Waals surface area contributed by atoms with Crippen LogP contribution in [0.25, 0.3) is 0 Å².